The molecule has 3 aromatic rings. The minimum Gasteiger partial charge on any atom is -0.447 e. The van der Waals surface area contributed by atoms with E-state index in [1.165, 1.54) is 35.9 Å². The monoisotopic (exact) mass is 463 g/mol. The first-order valence-electron chi connectivity index (χ1n) is 12.1. The van der Waals surface area contributed by atoms with Crippen LogP contribution >= 0.6 is 0 Å². The van der Waals surface area contributed by atoms with Crippen molar-refractivity contribution in [3.05, 3.63) is 88.9 Å². The summed E-state index contributed by atoms with van der Waals surface area (Å²) in [6, 6.07) is 15.2. The number of piperidine rings is 1. The van der Waals surface area contributed by atoms with Crippen LogP contribution in [-0.4, -0.2) is 33.8 Å². The van der Waals surface area contributed by atoms with Crippen molar-refractivity contribution >= 4 is 5.91 Å². The molecule has 0 N–H and O–H groups in total. The van der Waals surface area contributed by atoms with Gasteiger partial charge in [-0.15, -0.1) is 0 Å². The third-order valence-corrected chi connectivity index (χ3v) is 6.32. The summed E-state index contributed by atoms with van der Waals surface area (Å²) in [6.45, 7) is 9.91. The van der Waals surface area contributed by atoms with E-state index in [9.17, 15) is 9.18 Å². The lowest BCUT2D eigenvalue weighted by molar-refractivity contribution is 0.0718. The predicted octanol–water partition coefficient (Wildman–Crippen LogP) is 5.94. The van der Waals surface area contributed by atoms with Crippen molar-refractivity contribution in [1.29, 1.82) is 0 Å². The fourth-order valence-corrected chi connectivity index (χ4v) is 4.32. The number of benzene rings is 2. The summed E-state index contributed by atoms with van der Waals surface area (Å²) in [5.74, 6) is 0.202. The second-order valence-corrected chi connectivity index (χ2v) is 10.2. The fraction of sp³-hybridized carbons (Fsp3) is 0.429. The van der Waals surface area contributed by atoms with Crippen LogP contribution in [0, 0.1) is 5.82 Å². The summed E-state index contributed by atoms with van der Waals surface area (Å²) in [5, 5.41) is 0. The van der Waals surface area contributed by atoms with E-state index >= 15 is 0 Å². The Labute approximate surface area is 201 Å². The minimum absolute atomic E-state index is 0.0578. The van der Waals surface area contributed by atoms with Crippen LogP contribution in [0.3, 0.4) is 0 Å². The Morgan fingerprint density at radius 3 is 2.12 bits per heavy atom. The second kappa shape index (κ2) is 10.5. The van der Waals surface area contributed by atoms with Crippen LogP contribution in [0.2, 0.25) is 0 Å². The molecule has 1 amide bonds. The van der Waals surface area contributed by atoms with Crippen LogP contribution in [0.1, 0.15) is 73.1 Å². The Hall–Kier alpha value is -2.99. The number of oxazole rings is 1. The summed E-state index contributed by atoms with van der Waals surface area (Å²) in [6.07, 6.45) is 4.72. The highest BCUT2D eigenvalue weighted by molar-refractivity contribution is 5.92. The van der Waals surface area contributed by atoms with Gasteiger partial charge in [-0.2, -0.15) is 0 Å². The maximum atomic E-state index is 13.4. The Morgan fingerprint density at radius 2 is 1.53 bits per heavy atom. The van der Waals surface area contributed by atoms with Crippen LogP contribution in [0.25, 0.3) is 0 Å². The molecule has 0 unspecified atom stereocenters. The standard InChI is InChI=1S/C28H34FN3O2/c1-28(2,3)23-11-7-21(8-12-23)17-31(18-22-9-13-24(29)14-10-22)19-26-30-25(20-34-26)27(33)32-15-5-4-6-16-32/h7-14,20H,4-6,15-19H2,1-3H3. The van der Waals surface area contributed by atoms with Gasteiger partial charge in [0.15, 0.2) is 5.69 Å². The third kappa shape index (κ3) is 6.32. The number of carbonyl (C=O) groups is 1. The van der Waals surface area contributed by atoms with E-state index in [-0.39, 0.29) is 17.1 Å². The zero-order valence-electron chi connectivity index (χ0n) is 20.4. The number of likely N-dealkylation sites (tertiary alicyclic amines) is 1. The van der Waals surface area contributed by atoms with Gasteiger partial charge in [-0.1, -0.05) is 57.2 Å². The van der Waals surface area contributed by atoms with Crippen molar-refractivity contribution < 1.29 is 13.6 Å². The van der Waals surface area contributed by atoms with E-state index in [0.717, 1.165) is 31.5 Å². The van der Waals surface area contributed by atoms with Crippen LogP contribution in [0.5, 0.6) is 0 Å². The van der Waals surface area contributed by atoms with Crippen molar-refractivity contribution in [2.75, 3.05) is 13.1 Å². The fourth-order valence-electron chi connectivity index (χ4n) is 4.32. The SMILES string of the molecule is CC(C)(C)c1ccc(CN(Cc2ccc(F)cc2)Cc2nc(C(=O)N3CCCCC3)co2)cc1. The first-order valence-corrected chi connectivity index (χ1v) is 12.1. The summed E-state index contributed by atoms with van der Waals surface area (Å²) in [7, 11) is 0. The number of amides is 1. The average Bonchev–Trinajstić information content (AvgIpc) is 3.29. The highest BCUT2D eigenvalue weighted by Gasteiger charge is 2.22. The molecule has 0 aliphatic carbocycles. The number of hydrogen-bond donors (Lipinski definition) is 0. The molecule has 1 aliphatic rings. The third-order valence-electron chi connectivity index (χ3n) is 6.32. The number of carbonyl (C=O) groups excluding carboxylic acids is 1. The van der Waals surface area contributed by atoms with Gasteiger partial charge in [0.2, 0.25) is 5.89 Å². The molecule has 5 nitrogen and oxygen atoms in total. The second-order valence-electron chi connectivity index (χ2n) is 10.2. The molecular weight excluding hydrogens is 429 g/mol. The molecule has 2 aromatic carbocycles. The van der Waals surface area contributed by atoms with E-state index in [1.807, 2.05) is 4.90 Å². The molecule has 1 aromatic heterocycles. The molecule has 1 aliphatic heterocycles. The smallest absolute Gasteiger partial charge is 0.275 e. The highest BCUT2D eigenvalue weighted by Crippen LogP contribution is 2.23. The zero-order valence-corrected chi connectivity index (χ0v) is 20.4. The van der Waals surface area contributed by atoms with E-state index in [4.69, 9.17) is 4.42 Å². The first kappa shape index (κ1) is 24.1. The molecule has 0 saturated carbocycles. The van der Waals surface area contributed by atoms with Gasteiger partial charge < -0.3 is 9.32 Å². The van der Waals surface area contributed by atoms with Crippen molar-refractivity contribution in [2.24, 2.45) is 0 Å². The lowest BCUT2D eigenvalue weighted by Gasteiger charge is -2.25. The molecule has 0 bridgehead atoms. The molecule has 34 heavy (non-hydrogen) atoms. The Bertz CT molecular complexity index is 1080. The number of rotatable bonds is 7. The quantitative estimate of drug-likeness (QED) is 0.435. The minimum atomic E-state index is -0.248. The number of halogens is 1. The van der Waals surface area contributed by atoms with Crippen LogP contribution in [-0.2, 0) is 25.0 Å². The molecule has 1 fully saturated rings. The summed E-state index contributed by atoms with van der Waals surface area (Å²) in [4.78, 5) is 21.3. The lowest BCUT2D eigenvalue weighted by atomic mass is 9.87. The van der Waals surface area contributed by atoms with Gasteiger partial charge in [0.05, 0.1) is 6.54 Å². The molecule has 1 saturated heterocycles. The van der Waals surface area contributed by atoms with E-state index in [1.54, 1.807) is 12.1 Å². The van der Waals surface area contributed by atoms with Crippen molar-refractivity contribution in [3.8, 4) is 0 Å². The number of aromatic nitrogens is 1. The van der Waals surface area contributed by atoms with Crippen molar-refractivity contribution in [1.82, 2.24) is 14.8 Å². The maximum absolute atomic E-state index is 13.4. The van der Waals surface area contributed by atoms with Gasteiger partial charge in [0, 0.05) is 26.2 Å². The maximum Gasteiger partial charge on any atom is 0.275 e. The van der Waals surface area contributed by atoms with Gasteiger partial charge in [0.25, 0.3) is 5.91 Å². The largest absolute Gasteiger partial charge is 0.447 e. The molecule has 4 rings (SSSR count). The van der Waals surface area contributed by atoms with Crippen molar-refractivity contribution in [3.63, 3.8) is 0 Å². The highest BCUT2D eigenvalue weighted by atomic mass is 19.1. The van der Waals surface area contributed by atoms with E-state index < -0.39 is 0 Å². The van der Waals surface area contributed by atoms with Gasteiger partial charge in [-0.3, -0.25) is 9.69 Å². The molecule has 2 heterocycles. The van der Waals surface area contributed by atoms with Crippen LogP contribution in [0.15, 0.2) is 59.2 Å². The van der Waals surface area contributed by atoms with Gasteiger partial charge in [0.1, 0.15) is 12.1 Å². The van der Waals surface area contributed by atoms with E-state index in [2.05, 4.69) is 54.9 Å². The van der Waals surface area contributed by atoms with Crippen LogP contribution in [0.4, 0.5) is 4.39 Å². The predicted molar refractivity (Wildman–Crippen MR) is 131 cm³/mol. The normalized spacial score (nSPS) is 14.6. The summed E-state index contributed by atoms with van der Waals surface area (Å²) >= 11 is 0. The lowest BCUT2D eigenvalue weighted by Crippen LogP contribution is -2.35. The number of hydrogen-bond acceptors (Lipinski definition) is 4. The van der Waals surface area contributed by atoms with Gasteiger partial charge in [-0.05, 0) is 53.5 Å². The van der Waals surface area contributed by atoms with E-state index in [0.29, 0.717) is 31.2 Å². The average molecular weight is 464 g/mol. The molecule has 0 radical (unpaired) electrons. The topological polar surface area (TPSA) is 49.6 Å². The Balaban J connectivity index is 1.49. The summed E-state index contributed by atoms with van der Waals surface area (Å²) in [5.41, 5.74) is 3.93. The Kier molecular flexibility index (Phi) is 7.47. The molecular formula is C28H34FN3O2. The molecule has 6 heteroatoms. The van der Waals surface area contributed by atoms with Gasteiger partial charge >= 0.3 is 0 Å². The molecule has 0 atom stereocenters. The van der Waals surface area contributed by atoms with Gasteiger partial charge in [-0.25, -0.2) is 9.37 Å². The Morgan fingerprint density at radius 1 is 0.941 bits per heavy atom. The molecule has 0 spiro atoms. The number of nitrogens with zero attached hydrogens (tertiary/aromatic N) is 3. The molecule has 180 valence electrons. The zero-order chi connectivity index (χ0) is 24.1. The summed E-state index contributed by atoms with van der Waals surface area (Å²) < 4.78 is 19.1. The van der Waals surface area contributed by atoms with Crippen LogP contribution < -0.4 is 0 Å². The van der Waals surface area contributed by atoms with Crippen molar-refractivity contribution in [2.45, 2.75) is 65.1 Å². The first-order chi connectivity index (χ1) is 16.3.